The summed E-state index contributed by atoms with van der Waals surface area (Å²) in [7, 11) is 0. The zero-order valence-corrected chi connectivity index (χ0v) is 13.1. The van der Waals surface area contributed by atoms with E-state index in [-0.39, 0.29) is 30.1 Å². The van der Waals surface area contributed by atoms with E-state index in [0.29, 0.717) is 24.0 Å². The Hall–Kier alpha value is -2.01. The molecule has 0 bridgehead atoms. The fourth-order valence-electron chi connectivity index (χ4n) is 2.39. The van der Waals surface area contributed by atoms with Crippen molar-refractivity contribution in [2.24, 2.45) is 0 Å². The van der Waals surface area contributed by atoms with Gasteiger partial charge in [0, 0.05) is 0 Å². The molecule has 2 nitrogen and oxygen atoms in total. The molecule has 0 amide bonds. The van der Waals surface area contributed by atoms with Crippen molar-refractivity contribution in [1.82, 2.24) is 0 Å². The molecule has 0 aliphatic heterocycles. The van der Waals surface area contributed by atoms with E-state index in [2.05, 4.69) is 0 Å². The average Bonchev–Trinajstić information content (AvgIpc) is 2.50. The van der Waals surface area contributed by atoms with Crippen LogP contribution in [-0.2, 0) is 13.0 Å². The van der Waals surface area contributed by atoms with Gasteiger partial charge in [-0.2, -0.15) is 0 Å². The van der Waals surface area contributed by atoms with Gasteiger partial charge in [-0.1, -0.05) is 0 Å². The van der Waals surface area contributed by atoms with Crippen molar-refractivity contribution in [1.29, 1.82) is 0 Å². The molecule has 0 aliphatic carbocycles. The predicted octanol–water partition coefficient (Wildman–Crippen LogP) is 4.22. The average molecular weight is 324 g/mol. The second kappa shape index (κ2) is 7.51. The van der Waals surface area contributed by atoms with E-state index in [9.17, 15) is 13.2 Å². The second-order valence-corrected chi connectivity index (χ2v) is 5.53. The first kappa shape index (κ1) is 17.3. The lowest BCUT2D eigenvalue weighted by molar-refractivity contribution is 0.277. The molecule has 0 spiro atoms. The summed E-state index contributed by atoms with van der Waals surface area (Å²) in [5.74, 6) is -1.30. The number of benzene rings is 2. The smallest absolute Gasteiger partial charge is 0.165 e. The third kappa shape index (κ3) is 4.26. The Morgan fingerprint density at radius 2 is 1.65 bits per heavy atom. The third-order valence-electron chi connectivity index (χ3n) is 3.64. The molecule has 0 saturated heterocycles. The summed E-state index contributed by atoms with van der Waals surface area (Å²) in [6.07, 6.45) is 0.735. The Morgan fingerprint density at radius 1 is 0.913 bits per heavy atom. The lowest BCUT2D eigenvalue weighted by Gasteiger charge is -2.12. The van der Waals surface area contributed by atoms with E-state index >= 15 is 0 Å². The Balaban J connectivity index is 1.95. The molecule has 0 fully saturated rings. The monoisotopic (exact) mass is 324 g/mol. The first-order chi connectivity index (χ1) is 10.9. The van der Waals surface area contributed by atoms with E-state index in [1.807, 2.05) is 0 Å². The molecule has 124 valence electrons. The van der Waals surface area contributed by atoms with Crippen molar-refractivity contribution in [3.63, 3.8) is 0 Å². The largest absolute Gasteiger partial charge is 0.490 e. The highest BCUT2D eigenvalue weighted by molar-refractivity contribution is 5.37. The minimum Gasteiger partial charge on any atom is -0.490 e. The molecular weight excluding hydrogens is 305 g/mol. The van der Waals surface area contributed by atoms with E-state index < -0.39 is 17.5 Å². The number of rotatable bonds is 6. The number of aliphatic hydroxyl groups excluding tert-OH is 1. The van der Waals surface area contributed by atoms with Gasteiger partial charge in [0.25, 0.3) is 0 Å². The topological polar surface area (TPSA) is 29.5 Å². The van der Waals surface area contributed by atoms with Gasteiger partial charge < -0.3 is 9.84 Å². The van der Waals surface area contributed by atoms with Gasteiger partial charge in [-0.3, -0.25) is 0 Å². The number of ether oxygens (including phenoxy) is 1. The molecule has 0 radical (unpaired) electrons. The van der Waals surface area contributed by atoms with Crippen molar-refractivity contribution in [2.45, 2.75) is 33.3 Å². The van der Waals surface area contributed by atoms with Crippen molar-refractivity contribution < 1.29 is 23.0 Å². The van der Waals surface area contributed by atoms with E-state index in [4.69, 9.17) is 9.84 Å². The maximum Gasteiger partial charge on any atom is 0.165 e. The van der Waals surface area contributed by atoms with Gasteiger partial charge >= 0.3 is 0 Å². The molecule has 23 heavy (non-hydrogen) atoms. The fraction of sp³-hybridized carbons (Fsp3) is 0.333. The highest BCUT2D eigenvalue weighted by atomic mass is 19.1. The molecule has 0 heterocycles. The molecular formula is C18H19F3O2. The van der Waals surface area contributed by atoms with Crippen molar-refractivity contribution in [3.8, 4) is 5.75 Å². The molecule has 0 unspecified atom stereocenters. The summed E-state index contributed by atoms with van der Waals surface area (Å²) in [6.45, 7) is 3.14. The minimum absolute atomic E-state index is 0.123. The maximum absolute atomic E-state index is 13.9. The van der Waals surface area contributed by atoms with Crippen molar-refractivity contribution in [3.05, 3.63) is 64.0 Å². The van der Waals surface area contributed by atoms with Gasteiger partial charge in [0.2, 0.25) is 0 Å². The molecule has 0 aromatic heterocycles. The normalized spacial score (nSPS) is 10.9. The Kier molecular flexibility index (Phi) is 5.66. The van der Waals surface area contributed by atoms with Crippen LogP contribution in [0.4, 0.5) is 13.2 Å². The van der Waals surface area contributed by atoms with Gasteiger partial charge in [0.15, 0.2) is 11.6 Å². The molecule has 2 aromatic rings. The van der Waals surface area contributed by atoms with Gasteiger partial charge in [-0.15, -0.1) is 0 Å². The summed E-state index contributed by atoms with van der Waals surface area (Å²) in [5, 5.41) is 9.01. The Morgan fingerprint density at radius 3 is 2.30 bits per heavy atom. The second-order valence-electron chi connectivity index (χ2n) is 5.53. The summed E-state index contributed by atoms with van der Waals surface area (Å²) in [6, 6.07) is 5.22. The number of aliphatic hydroxyl groups is 1. The summed E-state index contributed by atoms with van der Waals surface area (Å²) in [5.41, 5.74) is 1.61. The van der Waals surface area contributed by atoms with Crippen LogP contribution in [0.3, 0.4) is 0 Å². The highest BCUT2D eigenvalue weighted by Crippen LogP contribution is 2.24. The Labute approximate surface area is 133 Å². The van der Waals surface area contributed by atoms with Gasteiger partial charge in [0.1, 0.15) is 11.6 Å². The number of hydrogen-bond donors (Lipinski definition) is 1. The molecule has 5 heteroatoms. The zero-order valence-electron chi connectivity index (χ0n) is 13.1. The van der Waals surface area contributed by atoms with Gasteiger partial charge in [-0.25, -0.2) is 13.2 Å². The molecule has 0 saturated carbocycles. The minimum atomic E-state index is -0.540. The van der Waals surface area contributed by atoms with Gasteiger partial charge in [-0.05, 0) is 73.2 Å². The lowest BCUT2D eigenvalue weighted by atomic mass is 10.1. The van der Waals surface area contributed by atoms with E-state index in [0.717, 1.165) is 0 Å². The van der Waals surface area contributed by atoms with Gasteiger partial charge in [0.05, 0.1) is 13.2 Å². The van der Waals surface area contributed by atoms with Crippen molar-refractivity contribution >= 4 is 0 Å². The fourth-order valence-corrected chi connectivity index (χ4v) is 2.39. The number of hydrogen-bond acceptors (Lipinski definition) is 2. The number of aryl methyl sites for hydroxylation is 3. The number of halogens is 3. The Bertz CT molecular complexity index is 676. The van der Waals surface area contributed by atoms with Crippen LogP contribution in [0.25, 0.3) is 0 Å². The predicted molar refractivity (Wildman–Crippen MR) is 82.0 cm³/mol. The molecule has 0 aliphatic rings. The lowest BCUT2D eigenvalue weighted by Crippen LogP contribution is -2.04. The van der Waals surface area contributed by atoms with Crippen LogP contribution in [0.15, 0.2) is 24.3 Å². The SMILES string of the molecule is Cc1cc(F)c(CCCOc2c(C)cc(CO)cc2F)cc1F. The quantitative estimate of drug-likeness (QED) is 0.806. The molecule has 1 N–H and O–H groups in total. The molecule has 2 aromatic carbocycles. The van der Waals surface area contributed by atoms with Crippen LogP contribution in [-0.4, -0.2) is 11.7 Å². The first-order valence-corrected chi connectivity index (χ1v) is 7.39. The van der Waals surface area contributed by atoms with Crippen LogP contribution in [0, 0.1) is 31.3 Å². The van der Waals surface area contributed by atoms with E-state index in [1.165, 1.54) is 25.1 Å². The molecule has 0 atom stereocenters. The van der Waals surface area contributed by atoms with Crippen LogP contribution in [0.5, 0.6) is 5.75 Å². The van der Waals surface area contributed by atoms with Crippen LogP contribution >= 0.6 is 0 Å². The summed E-state index contributed by atoms with van der Waals surface area (Å²) in [4.78, 5) is 0. The van der Waals surface area contributed by atoms with Crippen molar-refractivity contribution in [2.75, 3.05) is 6.61 Å². The zero-order chi connectivity index (χ0) is 17.0. The highest BCUT2D eigenvalue weighted by Gasteiger charge is 2.10. The summed E-state index contributed by atoms with van der Waals surface area (Å²) >= 11 is 0. The summed E-state index contributed by atoms with van der Waals surface area (Å²) < 4.78 is 46.4. The van der Waals surface area contributed by atoms with Crippen LogP contribution in [0.1, 0.15) is 28.7 Å². The molecule has 2 rings (SSSR count). The maximum atomic E-state index is 13.9. The standard InChI is InChI=1S/C18H19F3O2/c1-11-7-16(20)14(9-15(11)19)4-3-5-23-18-12(2)6-13(10-22)8-17(18)21/h6-9,22H,3-5,10H2,1-2H3. The third-order valence-corrected chi connectivity index (χ3v) is 3.64. The van der Waals surface area contributed by atoms with E-state index in [1.54, 1.807) is 13.0 Å². The van der Waals surface area contributed by atoms with Crippen LogP contribution < -0.4 is 4.74 Å². The first-order valence-electron chi connectivity index (χ1n) is 7.39. The van der Waals surface area contributed by atoms with Crippen LogP contribution in [0.2, 0.25) is 0 Å².